The minimum absolute atomic E-state index is 0. The van der Waals surface area contributed by atoms with Crippen molar-refractivity contribution in [2.24, 2.45) is 4.99 Å². The molecule has 1 atom stereocenters. The normalized spacial score (nSPS) is 19.8. The van der Waals surface area contributed by atoms with E-state index in [0.29, 0.717) is 24.1 Å². The molecule has 0 saturated heterocycles. The summed E-state index contributed by atoms with van der Waals surface area (Å²) in [5, 5.41) is 20.3. The molecule has 1 aliphatic heterocycles. The summed E-state index contributed by atoms with van der Waals surface area (Å²) in [6.45, 7) is 3.95. The molecule has 136 valence electrons. The van der Waals surface area contributed by atoms with E-state index in [1.165, 1.54) is 51.4 Å². The standard InChI is InChI=1S/C18H34N2O3.Na.H/c1-2-3-4-5-6-7-8-9-10-11-17-19-12-13-20(17,14-15-21)16-18(22)23;;/h21H,2-16H2,1H3;;/q;+1;-1. The number of nitrogens with zero attached hydrogens (tertiary/aromatic N) is 2. The Morgan fingerprint density at radius 2 is 1.75 bits per heavy atom. The molecule has 0 radical (unpaired) electrons. The Kier molecular flexibility index (Phi) is 14.3. The number of quaternary nitrogens is 1. The van der Waals surface area contributed by atoms with Gasteiger partial charge in [-0.25, -0.2) is 4.99 Å². The Bertz CT molecular complexity index is 383. The van der Waals surface area contributed by atoms with Crippen LogP contribution in [0, 0.1) is 0 Å². The third-order valence-corrected chi connectivity index (χ3v) is 4.83. The second kappa shape index (κ2) is 14.3. The molecule has 0 spiro atoms. The van der Waals surface area contributed by atoms with Gasteiger partial charge in [-0.15, -0.1) is 0 Å². The average molecular weight is 350 g/mol. The molecule has 1 unspecified atom stereocenters. The molecule has 0 aromatic heterocycles. The van der Waals surface area contributed by atoms with Crippen LogP contribution in [0.4, 0.5) is 0 Å². The Morgan fingerprint density at radius 1 is 1.17 bits per heavy atom. The average Bonchev–Trinajstić information content (AvgIpc) is 2.87. The van der Waals surface area contributed by atoms with Crippen molar-refractivity contribution in [2.45, 2.75) is 71.1 Å². The molecule has 0 aromatic rings. The van der Waals surface area contributed by atoms with Gasteiger partial charge in [-0.05, 0) is 6.42 Å². The summed E-state index contributed by atoms with van der Waals surface area (Å²) in [6, 6.07) is 0. The zero-order chi connectivity index (χ0) is 17.0. The predicted octanol–water partition coefficient (Wildman–Crippen LogP) is -1.01. The number of aliphatic hydroxyl groups is 1. The number of unbranched alkanes of at least 4 members (excludes halogenated alkanes) is 8. The predicted molar refractivity (Wildman–Crippen MR) is 92.2 cm³/mol. The van der Waals surface area contributed by atoms with Gasteiger partial charge in [0, 0.05) is 6.42 Å². The number of aliphatic carboxylic acids is 1. The van der Waals surface area contributed by atoms with Crippen LogP contribution in [-0.2, 0) is 4.79 Å². The number of hydrogen-bond donors (Lipinski definition) is 1. The van der Waals surface area contributed by atoms with Crippen LogP contribution in [0.15, 0.2) is 4.99 Å². The first-order valence-electron chi connectivity index (χ1n) is 9.35. The minimum Gasteiger partial charge on any atom is -1.00 e. The molecular formula is C18H35N2NaO3. The number of amidine groups is 1. The number of carboxylic acid groups (broad SMARTS) is 1. The van der Waals surface area contributed by atoms with E-state index in [4.69, 9.17) is 0 Å². The van der Waals surface area contributed by atoms with Crippen molar-refractivity contribution in [1.29, 1.82) is 0 Å². The van der Waals surface area contributed by atoms with Crippen molar-refractivity contribution in [1.82, 2.24) is 0 Å². The van der Waals surface area contributed by atoms with Crippen LogP contribution < -0.4 is 34.7 Å². The summed E-state index contributed by atoms with van der Waals surface area (Å²) in [7, 11) is 0. The van der Waals surface area contributed by atoms with Gasteiger partial charge in [0.05, 0.1) is 19.1 Å². The summed E-state index contributed by atoms with van der Waals surface area (Å²) in [5.41, 5.74) is 0. The third-order valence-electron chi connectivity index (χ3n) is 4.83. The monoisotopic (exact) mass is 350 g/mol. The molecule has 5 nitrogen and oxygen atoms in total. The van der Waals surface area contributed by atoms with Gasteiger partial charge in [-0.1, -0.05) is 58.3 Å². The first kappa shape index (κ1) is 24.1. The molecule has 24 heavy (non-hydrogen) atoms. The zero-order valence-corrected chi connectivity index (χ0v) is 17.8. The number of carboxylic acids is 1. The van der Waals surface area contributed by atoms with Gasteiger partial charge >= 0.3 is 29.6 Å². The molecule has 6 heteroatoms. The summed E-state index contributed by atoms with van der Waals surface area (Å²) < 4.78 is 0.301. The molecule has 0 amide bonds. The van der Waals surface area contributed by atoms with Crippen molar-refractivity contribution in [2.75, 3.05) is 32.8 Å². The number of aliphatic hydroxyl groups excluding tert-OH is 1. The van der Waals surface area contributed by atoms with Gasteiger partial charge in [0.25, 0.3) is 0 Å². The maximum atomic E-state index is 11.0. The van der Waals surface area contributed by atoms with Crippen LogP contribution in [0.2, 0.25) is 0 Å². The van der Waals surface area contributed by atoms with Crippen molar-refractivity contribution < 1.29 is 50.5 Å². The van der Waals surface area contributed by atoms with Crippen LogP contribution >= 0.6 is 0 Å². The van der Waals surface area contributed by atoms with E-state index >= 15 is 0 Å². The quantitative estimate of drug-likeness (QED) is 0.248. The second-order valence-electron chi connectivity index (χ2n) is 6.72. The molecule has 0 aromatic carbocycles. The summed E-state index contributed by atoms with van der Waals surface area (Å²) in [4.78, 5) is 15.6. The van der Waals surface area contributed by atoms with Crippen LogP contribution in [0.3, 0.4) is 0 Å². The fraction of sp³-hybridized carbons (Fsp3) is 0.889. The van der Waals surface area contributed by atoms with E-state index in [1.54, 1.807) is 0 Å². The topological polar surface area (TPSA) is 72.7 Å². The Labute approximate surface area is 170 Å². The van der Waals surface area contributed by atoms with E-state index in [1.807, 2.05) is 0 Å². The van der Waals surface area contributed by atoms with Crippen LogP contribution in [0.25, 0.3) is 0 Å². The Balaban J connectivity index is 0. The van der Waals surface area contributed by atoms with Crippen LogP contribution in [-0.4, -0.2) is 54.2 Å². The maximum Gasteiger partial charge on any atom is 1.00 e. The van der Waals surface area contributed by atoms with Gasteiger partial charge in [-0.2, -0.15) is 0 Å². The fourth-order valence-corrected chi connectivity index (χ4v) is 3.49. The first-order chi connectivity index (χ1) is 11.1. The Hall–Kier alpha value is 0.0600. The summed E-state index contributed by atoms with van der Waals surface area (Å²) >= 11 is 0. The van der Waals surface area contributed by atoms with E-state index in [0.717, 1.165) is 18.7 Å². The second-order valence-corrected chi connectivity index (χ2v) is 6.72. The van der Waals surface area contributed by atoms with Gasteiger partial charge in [0.15, 0.2) is 5.84 Å². The number of carbonyl (C=O) groups excluding carboxylic acids is 1. The van der Waals surface area contributed by atoms with Crippen LogP contribution in [0.1, 0.15) is 72.6 Å². The van der Waals surface area contributed by atoms with E-state index in [2.05, 4.69) is 11.9 Å². The molecule has 1 rings (SSSR count). The number of aliphatic imine (C=N–C) groups is 1. The SMILES string of the molecule is CCCCCCCCCCCC1=NCC[N+]1(CCO)CC(=O)[O-].[H-].[Na+]. The molecule has 0 saturated carbocycles. The van der Waals surface area contributed by atoms with Gasteiger partial charge in [0.1, 0.15) is 19.6 Å². The molecule has 1 aliphatic rings. The molecule has 1 N–H and O–H groups in total. The van der Waals surface area contributed by atoms with Crippen molar-refractivity contribution in [3.05, 3.63) is 0 Å². The maximum absolute atomic E-state index is 11.0. The number of hydrogen-bond acceptors (Lipinski definition) is 4. The molecule has 0 bridgehead atoms. The van der Waals surface area contributed by atoms with E-state index in [-0.39, 0.29) is 44.1 Å². The van der Waals surface area contributed by atoms with Gasteiger partial charge in [-0.3, -0.25) is 4.48 Å². The minimum atomic E-state index is -1.06. The number of rotatable bonds is 14. The van der Waals surface area contributed by atoms with Gasteiger partial charge in [0.2, 0.25) is 0 Å². The van der Waals surface area contributed by atoms with Crippen molar-refractivity contribution in [3.8, 4) is 0 Å². The molecular weight excluding hydrogens is 315 g/mol. The first-order valence-corrected chi connectivity index (χ1v) is 9.35. The largest absolute Gasteiger partial charge is 1.00 e. The summed E-state index contributed by atoms with van der Waals surface area (Å²) in [5.74, 6) is -0.105. The van der Waals surface area contributed by atoms with Crippen molar-refractivity contribution in [3.63, 3.8) is 0 Å². The zero-order valence-electron chi connectivity index (χ0n) is 16.8. The fourth-order valence-electron chi connectivity index (χ4n) is 3.49. The Morgan fingerprint density at radius 3 is 2.29 bits per heavy atom. The number of carbonyl (C=O) groups is 1. The van der Waals surface area contributed by atoms with E-state index < -0.39 is 5.97 Å². The molecule has 0 aliphatic carbocycles. The molecule has 0 fully saturated rings. The van der Waals surface area contributed by atoms with Crippen LogP contribution in [0.5, 0.6) is 0 Å². The smallest absolute Gasteiger partial charge is 1.00 e. The summed E-state index contributed by atoms with van der Waals surface area (Å²) in [6.07, 6.45) is 12.3. The van der Waals surface area contributed by atoms with Crippen molar-refractivity contribution >= 4 is 11.8 Å². The van der Waals surface area contributed by atoms with E-state index in [9.17, 15) is 15.0 Å². The third kappa shape index (κ3) is 8.95. The molecule has 1 heterocycles. The van der Waals surface area contributed by atoms with Gasteiger partial charge < -0.3 is 16.4 Å².